The monoisotopic (exact) mass is 495 g/mol. The zero-order valence-corrected chi connectivity index (χ0v) is 21.3. The Morgan fingerprint density at radius 3 is 2.17 bits per heavy atom. The summed E-state index contributed by atoms with van der Waals surface area (Å²) < 4.78 is 33.1. The first-order chi connectivity index (χ1) is 16.5. The molecule has 2 aromatic carbocycles. The van der Waals surface area contributed by atoms with Gasteiger partial charge in [-0.3, -0.25) is 14.6 Å². The second-order valence-corrected chi connectivity index (χ2v) is 10.1. The van der Waals surface area contributed by atoms with E-state index in [0.717, 1.165) is 22.6 Å². The Morgan fingerprint density at radius 1 is 1.00 bits per heavy atom. The van der Waals surface area contributed by atoms with Crippen LogP contribution in [-0.2, 0) is 23.1 Å². The number of hydrogen-bond donors (Lipinski definition) is 1. The smallest absolute Gasteiger partial charge is 0.253 e. The van der Waals surface area contributed by atoms with Crippen LogP contribution in [0.25, 0.3) is 0 Å². The van der Waals surface area contributed by atoms with Gasteiger partial charge in [0.15, 0.2) is 5.78 Å². The number of hydrogen-bond acceptors (Lipinski definition) is 6. The Morgan fingerprint density at radius 2 is 1.60 bits per heavy atom. The van der Waals surface area contributed by atoms with E-state index in [2.05, 4.69) is 9.71 Å². The Kier molecular flexibility index (Phi) is 8.03. The predicted octanol–water partition coefficient (Wildman–Crippen LogP) is 3.66. The van der Waals surface area contributed by atoms with E-state index in [4.69, 9.17) is 4.74 Å². The van der Waals surface area contributed by atoms with E-state index in [0.29, 0.717) is 23.2 Å². The van der Waals surface area contributed by atoms with E-state index >= 15 is 0 Å². The number of aromatic nitrogens is 1. The van der Waals surface area contributed by atoms with Crippen molar-refractivity contribution in [3.8, 4) is 5.75 Å². The van der Waals surface area contributed by atoms with Gasteiger partial charge in [0.2, 0.25) is 10.0 Å². The third-order valence-electron chi connectivity index (χ3n) is 5.72. The van der Waals surface area contributed by atoms with Crippen molar-refractivity contribution in [2.24, 2.45) is 0 Å². The quantitative estimate of drug-likeness (QED) is 0.454. The van der Waals surface area contributed by atoms with Gasteiger partial charge in [-0.15, -0.1) is 0 Å². The Bertz CT molecular complexity index is 1330. The molecule has 3 rings (SSSR count). The molecule has 0 unspecified atom stereocenters. The van der Waals surface area contributed by atoms with Crippen LogP contribution in [0.5, 0.6) is 5.75 Å². The van der Waals surface area contributed by atoms with Crippen molar-refractivity contribution in [2.45, 2.75) is 38.8 Å². The lowest BCUT2D eigenvalue weighted by Gasteiger charge is -2.19. The molecule has 0 bridgehead atoms. The normalized spacial score (nSPS) is 11.2. The number of nitrogens with one attached hydrogen (secondary N) is 1. The van der Waals surface area contributed by atoms with Gasteiger partial charge in [0.1, 0.15) is 5.75 Å². The molecule has 1 heterocycles. The molecule has 1 amide bonds. The number of carbonyl (C=O) groups is 2. The number of benzene rings is 2. The molecule has 35 heavy (non-hydrogen) atoms. The van der Waals surface area contributed by atoms with Crippen LogP contribution in [0, 0.1) is 13.8 Å². The van der Waals surface area contributed by atoms with Crippen LogP contribution in [0.15, 0.2) is 59.6 Å². The van der Waals surface area contributed by atoms with Crippen molar-refractivity contribution in [1.29, 1.82) is 0 Å². The van der Waals surface area contributed by atoms with Crippen LogP contribution < -0.4 is 9.46 Å². The van der Waals surface area contributed by atoms with Crippen LogP contribution in [-0.4, -0.2) is 44.1 Å². The first kappa shape index (κ1) is 26.1. The number of sulfonamides is 1. The van der Waals surface area contributed by atoms with Gasteiger partial charge < -0.3 is 9.64 Å². The van der Waals surface area contributed by atoms with Crippen molar-refractivity contribution in [3.05, 3.63) is 88.2 Å². The fraction of sp³-hybridized carbons (Fsp3) is 0.269. The highest BCUT2D eigenvalue weighted by Gasteiger charge is 2.17. The van der Waals surface area contributed by atoms with Crippen molar-refractivity contribution in [2.75, 3.05) is 14.2 Å². The largest absolute Gasteiger partial charge is 0.496 e. The maximum Gasteiger partial charge on any atom is 0.253 e. The van der Waals surface area contributed by atoms with Gasteiger partial charge in [0.25, 0.3) is 5.91 Å². The molecule has 1 aromatic heterocycles. The maximum atomic E-state index is 12.9. The van der Waals surface area contributed by atoms with E-state index in [-0.39, 0.29) is 23.1 Å². The summed E-state index contributed by atoms with van der Waals surface area (Å²) in [4.78, 5) is 30.4. The van der Waals surface area contributed by atoms with Crippen LogP contribution >= 0.6 is 0 Å². The average molecular weight is 496 g/mol. The summed E-state index contributed by atoms with van der Waals surface area (Å²) >= 11 is 0. The number of pyridine rings is 1. The van der Waals surface area contributed by atoms with E-state index < -0.39 is 10.0 Å². The van der Waals surface area contributed by atoms with E-state index in [9.17, 15) is 18.0 Å². The Hall–Kier alpha value is -3.56. The molecule has 0 fully saturated rings. The van der Waals surface area contributed by atoms with Gasteiger partial charge in [-0.05, 0) is 50.6 Å². The van der Waals surface area contributed by atoms with Crippen LogP contribution in [0.3, 0.4) is 0 Å². The first-order valence-corrected chi connectivity index (χ1v) is 12.5. The topological polar surface area (TPSA) is 106 Å². The lowest BCUT2D eigenvalue weighted by molar-refractivity contribution is 0.0782. The van der Waals surface area contributed by atoms with Gasteiger partial charge in [-0.2, -0.15) is 0 Å². The minimum atomic E-state index is -3.74. The molecule has 0 aliphatic rings. The number of ketones is 1. The molecule has 0 saturated carbocycles. The summed E-state index contributed by atoms with van der Waals surface area (Å²) in [6.45, 7) is 5.65. The predicted molar refractivity (Wildman–Crippen MR) is 133 cm³/mol. The number of ether oxygens (including phenoxy) is 1. The lowest BCUT2D eigenvalue weighted by atomic mass is 10.1. The molecule has 3 aromatic rings. The zero-order valence-electron chi connectivity index (χ0n) is 20.5. The van der Waals surface area contributed by atoms with Crippen LogP contribution in [0.4, 0.5) is 0 Å². The minimum Gasteiger partial charge on any atom is -0.496 e. The molecule has 1 N–H and O–H groups in total. The van der Waals surface area contributed by atoms with E-state index in [1.165, 1.54) is 31.2 Å². The van der Waals surface area contributed by atoms with E-state index in [1.54, 1.807) is 49.5 Å². The highest BCUT2D eigenvalue weighted by Crippen LogP contribution is 2.25. The zero-order chi connectivity index (χ0) is 25.8. The average Bonchev–Trinajstić information content (AvgIpc) is 2.84. The highest BCUT2D eigenvalue weighted by atomic mass is 32.2. The number of nitrogens with zero attached hydrogens (tertiary/aromatic N) is 2. The molecular weight excluding hydrogens is 466 g/mol. The number of Topliss-reactive ketones (excluding diaryl/α,β-unsaturated/α-hetero) is 1. The SMILES string of the molecule is COc1c(C)cnc(CN(C)C(=O)c2ccc(CNS(=O)(=O)c3ccc(C(C)=O)cc3)cc2)c1C. The number of methoxy groups -OCH3 is 1. The van der Waals surface area contributed by atoms with Crippen LogP contribution in [0.2, 0.25) is 0 Å². The highest BCUT2D eigenvalue weighted by molar-refractivity contribution is 7.89. The molecule has 0 radical (unpaired) electrons. The second-order valence-electron chi connectivity index (χ2n) is 8.31. The molecule has 8 nitrogen and oxygen atoms in total. The molecular formula is C26H29N3O5S. The van der Waals surface area contributed by atoms with Crippen molar-refractivity contribution in [1.82, 2.24) is 14.6 Å². The van der Waals surface area contributed by atoms with Crippen molar-refractivity contribution < 1.29 is 22.7 Å². The molecule has 184 valence electrons. The fourth-order valence-electron chi connectivity index (χ4n) is 3.64. The standard InChI is InChI=1S/C26H29N3O5S/c1-17-14-27-24(18(2)25(17)34-5)16-29(4)26(31)22-8-6-20(7-9-22)15-28-35(32,33)23-12-10-21(11-13-23)19(3)30/h6-14,28H,15-16H2,1-5H3. The fourth-order valence-corrected chi connectivity index (χ4v) is 4.66. The summed E-state index contributed by atoms with van der Waals surface area (Å²) in [5, 5.41) is 0. The number of carbonyl (C=O) groups excluding carboxylic acids is 2. The number of amides is 1. The van der Waals surface area contributed by atoms with Gasteiger partial charge in [-0.1, -0.05) is 24.3 Å². The molecule has 0 atom stereocenters. The number of aryl methyl sites for hydroxylation is 1. The number of rotatable bonds is 9. The summed E-state index contributed by atoms with van der Waals surface area (Å²) in [5.74, 6) is 0.452. The maximum absolute atomic E-state index is 12.9. The van der Waals surface area contributed by atoms with Gasteiger partial charge in [0, 0.05) is 42.0 Å². The van der Waals surface area contributed by atoms with Crippen molar-refractivity contribution >= 4 is 21.7 Å². The summed E-state index contributed by atoms with van der Waals surface area (Å²) in [5.41, 5.74) is 4.21. The van der Waals surface area contributed by atoms with E-state index in [1.807, 2.05) is 13.8 Å². The lowest BCUT2D eigenvalue weighted by Crippen LogP contribution is -2.27. The minimum absolute atomic E-state index is 0.0629. The summed E-state index contributed by atoms with van der Waals surface area (Å²) in [7, 11) is -0.428. The van der Waals surface area contributed by atoms with Gasteiger partial charge in [-0.25, -0.2) is 13.1 Å². The second kappa shape index (κ2) is 10.8. The molecule has 0 saturated heterocycles. The van der Waals surface area contributed by atoms with Crippen LogP contribution in [0.1, 0.15) is 50.0 Å². The molecule has 0 aliphatic carbocycles. The Balaban J connectivity index is 1.64. The molecule has 0 spiro atoms. The summed E-state index contributed by atoms with van der Waals surface area (Å²) in [6, 6.07) is 12.5. The first-order valence-electron chi connectivity index (χ1n) is 11.0. The van der Waals surface area contributed by atoms with Crippen molar-refractivity contribution in [3.63, 3.8) is 0 Å². The summed E-state index contributed by atoms with van der Waals surface area (Å²) in [6.07, 6.45) is 1.73. The third kappa shape index (κ3) is 6.12. The third-order valence-corrected chi connectivity index (χ3v) is 7.14. The van der Waals surface area contributed by atoms with Gasteiger partial charge in [0.05, 0.1) is 24.2 Å². The molecule has 9 heteroatoms. The Labute approximate surface area is 206 Å². The molecule has 0 aliphatic heterocycles. The van der Waals surface area contributed by atoms with Gasteiger partial charge >= 0.3 is 0 Å².